The van der Waals surface area contributed by atoms with Crippen molar-refractivity contribution in [3.05, 3.63) is 39.6 Å². The number of methoxy groups -OCH3 is 2. The minimum Gasteiger partial charge on any atom is -0.493 e. The van der Waals surface area contributed by atoms with Gasteiger partial charge in [-0.2, -0.15) is 0 Å². The lowest BCUT2D eigenvalue weighted by Crippen LogP contribution is -2.32. The van der Waals surface area contributed by atoms with Crippen LogP contribution in [0.5, 0.6) is 17.2 Å². The van der Waals surface area contributed by atoms with E-state index in [4.69, 9.17) is 14.2 Å². The summed E-state index contributed by atoms with van der Waals surface area (Å²) in [4.78, 5) is 1.46. The quantitative estimate of drug-likeness (QED) is 0.609. The van der Waals surface area contributed by atoms with Gasteiger partial charge in [0.1, 0.15) is 18.5 Å². The van der Waals surface area contributed by atoms with Crippen molar-refractivity contribution in [1.82, 2.24) is 5.32 Å². The predicted octanol–water partition coefficient (Wildman–Crippen LogP) is 3.22. The second kappa shape index (κ2) is 9.97. The average Bonchev–Trinajstić information content (AvgIpc) is 3.12. The molecule has 2 N–H and O–H groups in total. The summed E-state index contributed by atoms with van der Waals surface area (Å²) < 4.78 is 16.4. The zero-order chi connectivity index (χ0) is 19.1. The lowest BCUT2D eigenvalue weighted by molar-refractivity contribution is 0.106. The van der Waals surface area contributed by atoms with E-state index in [0.29, 0.717) is 13.2 Å². The minimum atomic E-state index is -0.519. The summed E-state index contributed by atoms with van der Waals surface area (Å²) in [6, 6.07) is 5.93. The topological polar surface area (TPSA) is 60.0 Å². The Bertz CT molecular complexity index is 731. The van der Waals surface area contributed by atoms with Crippen molar-refractivity contribution < 1.29 is 19.3 Å². The molecule has 1 aliphatic carbocycles. The molecule has 2 aromatic rings. The molecule has 0 amide bonds. The molecule has 5 nitrogen and oxygen atoms in total. The van der Waals surface area contributed by atoms with Gasteiger partial charge in [0, 0.05) is 22.4 Å². The van der Waals surface area contributed by atoms with Gasteiger partial charge in [0.15, 0.2) is 11.5 Å². The van der Waals surface area contributed by atoms with Crippen molar-refractivity contribution in [2.75, 3.05) is 33.9 Å². The van der Waals surface area contributed by atoms with E-state index in [0.717, 1.165) is 42.2 Å². The Morgan fingerprint density at radius 1 is 1.11 bits per heavy atom. The summed E-state index contributed by atoms with van der Waals surface area (Å²) in [5.41, 5.74) is 2.52. The Hall–Kier alpha value is -1.76. The van der Waals surface area contributed by atoms with Crippen LogP contribution in [0.3, 0.4) is 0 Å². The summed E-state index contributed by atoms with van der Waals surface area (Å²) in [5.74, 6) is 2.44. The molecule has 0 radical (unpaired) electrons. The molecule has 0 saturated heterocycles. The molecule has 0 bridgehead atoms. The summed E-state index contributed by atoms with van der Waals surface area (Å²) >= 11 is 1.79. The first kappa shape index (κ1) is 20.0. The number of thiophene rings is 1. The minimum absolute atomic E-state index is 0.326. The fourth-order valence-corrected chi connectivity index (χ4v) is 4.43. The lowest BCUT2D eigenvalue weighted by Gasteiger charge is -2.16. The molecule has 1 aromatic heterocycles. The maximum absolute atomic E-state index is 10.2. The number of ether oxygens (including phenoxy) is 3. The second-order valence-electron chi connectivity index (χ2n) is 6.82. The SMILES string of the molecule is COc1ccc(CCNCC(O)COc2csc3c2CCCC3)cc1OC. The molecule has 1 aliphatic rings. The van der Waals surface area contributed by atoms with Crippen molar-refractivity contribution in [3.63, 3.8) is 0 Å². The molecule has 27 heavy (non-hydrogen) atoms. The van der Waals surface area contributed by atoms with Gasteiger partial charge in [-0.15, -0.1) is 11.3 Å². The van der Waals surface area contributed by atoms with Gasteiger partial charge in [0.2, 0.25) is 0 Å². The van der Waals surface area contributed by atoms with E-state index in [1.54, 1.807) is 25.6 Å². The molecule has 0 saturated carbocycles. The monoisotopic (exact) mass is 391 g/mol. The molecule has 1 unspecified atom stereocenters. The largest absolute Gasteiger partial charge is 0.493 e. The first-order chi connectivity index (χ1) is 13.2. The molecular formula is C21H29NO4S. The van der Waals surface area contributed by atoms with Crippen LogP contribution in [0.4, 0.5) is 0 Å². The molecule has 3 rings (SSSR count). The van der Waals surface area contributed by atoms with Crippen LogP contribution in [0.1, 0.15) is 28.8 Å². The van der Waals surface area contributed by atoms with Gasteiger partial charge in [0.05, 0.1) is 14.2 Å². The predicted molar refractivity (Wildman–Crippen MR) is 109 cm³/mol. The highest BCUT2D eigenvalue weighted by atomic mass is 32.1. The van der Waals surface area contributed by atoms with Gasteiger partial charge < -0.3 is 24.6 Å². The van der Waals surface area contributed by atoms with E-state index in [1.807, 2.05) is 18.2 Å². The van der Waals surface area contributed by atoms with E-state index < -0.39 is 6.10 Å². The average molecular weight is 392 g/mol. The van der Waals surface area contributed by atoms with Gasteiger partial charge in [-0.05, 0) is 56.3 Å². The van der Waals surface area contributed by atoms with E-state index in [1.165, 1.54) is 29.7 Å². The summed E-state index contributed by atoms with van der Waals surface area (Å²) in [5, 5.41) is 15.6. The summed E-state index contributed by atoms with van der Waals surface area (Å²) in [7, 11) is 3.27. The molecule has 6 heteroatoms. The molecule has 0 fully saturated rings. The van der Waals surface area contributed by atoms with Crippen molar-refractivity contribution >= 4 is 11.3 Å². The first-order valence-electron chi connectivity index (χ1n) is 9.53. The number of aliphatic hydroxyl groups excluding tert-OH is 1. The molecular weight excluding hydrogens is 362 g/mol. The maximum atomic E-state index is 10.2. The number of hydrogen-bond acceptors (Lipinski definition) is 6. The molecule has 1 heterocycles. The van der Waals surface area contributed by atoms with Gasteiger partial charge in [-0.1, -0.05) is 6.07 Å². The molecule has 0 spiro atoms. The van der Waals surface area contributed by atoms with Gasteiger partial charge in [-0.3, -0.25) is 0 Å². The zero-order valence-electron chi connectivity index (χ0n) is 16.1. The van der Waals surface area contributed by atoms with Crippen LogP contribution in [0.15, 0.2) is 23.6 Å². The highest BCUT2D eigenvalue weighted by Gasteiger charge is 2.17. The fraction of sp³-hybridized carbons (Fsp3) is 0.524. The van der Waals surface area contributed by atoms with Crippen molar-refractivity contribution in [2.24, 2.45) is 0 Å². The number of fused-ring (bicyclic) bond motifs is 1. The van der Waals surface area contributed by atoms with E-state index >= 15 is 0 Å². The van der Waals surface area contributed by atoms with Crippen molar-refractivity contribution in [2.45, 2.75) is 38.2 Å². The number of hydrogen-bond donors (Lipinski definition) is 2. The molecule has 1 atom stereocenters. The maximum Gasteiger partial charge on any atom is 0.160 e. The Morgan fingerprint density at radius 3 is 2.74 bits per heavy atom. The normalized spacial score (nSPS) is 14.5. The van der Waals surface area contributed by atoms with E-state index in [9.17, 15) is 5.11 Å². The fourth-order valence-electron chi connectivity index (χ4n) is 3.37. The van der Waals surface area contributed by atoms with Crippen LogP contribution in [0, 0.1) is 0 Å². The number of aryl methyl sites for hydroxylation is 1. The smallest absolute Gasteiger partial charge is 0.160 e. The number of aliphatic hydroxyl groups is 1. The third kappa shape index (κ3) is 5.37. The third-order valence-electron chi connectivity index (χ3n) is 4.87. The first-order valence-corrected chi connectivity index (χ1v) is 10.4. The third-order valence-corrected chi connectivity index (χ3v) is 5.94. The zero-order valence-corrected chi connectivity index (χ0v) is 16.9. The molecule has 1 aromatic carbocycles. The van der Waals surface area contributed by atoms with Crippen LogP contribution < -0.4 is 19.5 Å². The van der Waals surface area contributed by atoms with Crippen molar-refractivity contribution in [1.29, 1.82) is 0 Å². The highest BCUT2D eigenvalue weighted by Crippen LogP contribution is 2.35. The molecule has 148 valence electrons. The highest BCUT2D eigenvalue weighted by molar-refractivity contribution is 7.10. The lowest BCUT2D eigenvalue weighted by atomic mass is 9.99. The van der Waals surface area contributed by atoms with E-state index in [2.05, 4.69) is 10.7 Å². The summed E-state index contributed by atoms with van der Waals surface area (Å²) in [6.45, 7) is 1.62. The van der Waals surface area contributed by atoms with Crippen LogP contribution in [0.2, 0.25) is 0 Å². The van der Waals surface area contributed by atoms with Gasteiger partial charge in [-0.25, -0.2) is 0 Å². The van der Waals surface area contributed by atoms with Crippen molar-refractivity contribution in [3.8, 4) is 17.2 Å². The van der Waals surface area contributed by atoms with Gasteiger partial charge in [0.25, 0.3) is 0 Å². The van der Waals surface area contributed by atoms with Crippen LogP contribution in [-0.4, -0.2) is 45.1 Å². The Morgan fingerprint density at radius 2 is 1.93 bits per heavy atom. The number of benzene rings is 1. The Kier molecular flexibility index (Phi) is 7.38. The summed E-state index contributed by atoms with van der Waals surface area (Å²) in [6.07, 6.45) is 5.12. The Balaban J connectivity index is 1.37. The molecule has 0 aliphatic heterocycles. The van der Waals surface area contributed by atoms with Crippen LogP contribution in [-0.2, 0) is 19.3 Å². The van der Waals surface area contributed by atoms with Crippen LogP contribution in [0.25, 0.3) is 0 Å². The number of rotatable bonds is 10. The second-order valence-corrected chi connectivity index (χ2v) is 7.78. The number of nitrogens with one attached hydrogen (secondary N) is 1. The standard InChI is InChI=1S/C21H29NO4S/c1-24-18-8-7-15(11-19(18)25-2)9-10-22-12-16(23)13-26-20-14-27-21-6-4-3-5-17(20)21/h7-8,11,14,16,22-23H,3-6,9-10,12-13H2,1-2H3. The van der Waals surface area contributed by atoms with Gasteiger partial charge >= 0.3 is 0 Å². The van der Waals surface area contributed by atoms with Crippen LogP contribution >= 0.6 is 11.3 Å². The Labute approximate surface area is 165 Å². The van der Waals surface area contributed by atoms with E-state index in [-0.39, 0.29) is 0 Å².